The molecule has 0 aliphatic rings. The van der Waals surface area contributed by atoms with Gasteiger partial charge in [-0.2, -0.15) is 0 Å². The van der Waals surface area contributed by atoms with Crippen molar-refractivity contribution in [3.63, 3.8) is 0 Å². The summed E-state index contributed by atoms with van der Waals surface area (Å²) in [7, 11) is -9.91. The first-order valence-corrected chi connectivity index (χ1v) is 42.5. The molecular formula is C76H148O17P2. The molecule has 17 nitrogen and oxygen atoms in total. The van der Waals surface area contributed by atoms with E-state index in [4.69, 9.17) is 37.0 Å². The maximum absolute atomic E-state index is 13.1. The number of rotatable bonds is 75. The third-order valence-electron chi connectivity index (χ3n) is 17.7. The number of unbranched alkanes of at least 4 members (excludes halogenated alkanes) is 45. The van der Waals surface area contributed by atoms with Gasteiger partial charge in [0.05, 0.1) is 26.4 Å². The lowest BCUT2D eigenvalue weighted by Crippen LogP contribution is -2.30. The maximum atomic E-state index is 13.1. The van der Waals surface area contributed by atoms with E-state index in [9.17, 15) is 43.2 Å². The summed E-state index contributed by atoms with van der Waals surface area (Å²) in [4.78, 5) is 72.7. The minimum absolute atomic E-state index is 0.107. The van der Waals surface area contributed by atoms with Crippen LogP contribution < -0.4 is 0 Å². The van der Waals surface area contributed by atoms with Crippen molar-refractivity contribution in [2.75, 3.05) is 39.6 Å². The normalized spacial score (nSPS) is 14.0. The van der Waals surface area contributed by atoms with Gasteiger partial charge in [0.15, 0.2) is 12.2 Å². The highest BCUT2D eigenvalue weighted by Crippen LogP contribution is 2.45. The van der Waals surface area contributed by atoms with Crippen molar-refractivity contribution in [1.29, 1.82) is 0 Å². The largest absolute Gasteiger partial charge is 0.472 e. The third-order valence-corrected chi connectivity index (χ3v) is 19.6. The van der Waals surface area contributed by atoms with Crippen LogP contribution in [0.5, 0.6) is 0 Å². The van der Waals surface area contributed by atoms with Crippen molar-refractivity contribution in [3.8, 4) is 0 Å². The first-order valence-electron chi connectivity index (χ1n) is 39.5. The number of ether oxygens (including phenoxy) is 4. The molecule has 0 aromatic heterocycles. The highest BCUT2D eigenvalue weighted by molar-refractivity contribution is 7.47. The minimum Gasteiger partial charge on any atom is -0.462 e. The van der Waals surface area contributed by atoms with E-state index in [1.807, 2.05) is 0 Å². The number of aliphatic hydroxyl groups is 1. The van der Waals surface area contributed by atoms with Gasteiger partial charge in [-0.25, -0.2) is 9.13 Å². The Bertz CT molecular complexity index is 1840. The molecule has 19 heteroatoms. The molecule has 0 saturated carbocycles. The molecule has 0 aliphatic carbocycles. The van der Waals surface area contributed by atoms with E-state index in [1.165, 1.54) is 199 Å². The van der Waals surface area contributed by atoms with Crippen LogP contribution in [0.2, 0.25) is 0 Å². The van der Waals surface area contributed by atoms with E-state index >= 15 is 0 Å². The van der Waals surface area contributed by atoms with Gasteiger partial charge in [-0.3, -0.25) is 37.3 Å². The van der Waals surface area contributed by atoms with Crippen LogP contribution >= 0.6 is 15.6 Å². The van der Waals surface area contributed by atoms with E-state index in [0.29, 0.717) is 25.7 Å². The van der Waals surface area contributed by atoms with Crippen LogP contribution in [0.25, 0.3) is 0 Å². The standard InChI is InChI=1S/C76H148O17P2/c1-7-9-11-13-15-16-17-18-19-20-25-31-36-42-48-54-60-75(80)92-71(64-86-73(78)58-52-46-38-14-12-10-8-2)66-90-94(82,83)88-62-70(77)63-89-95(84,85)91-67-72(93-76(81)61-55-49-43-37-32-27-22-24-29-34-40-45-51-57-69(5)6)65-87-74(79)59-53-47-41-35-30-26-21-23-28-33-39-44-50-56-68(3)4/h68-72,77H,7-67H2,1-6H3,(H,82,83)(H,84,85)/t70-,71+,72+/m0/s1. The molecule has 0 fully saturated rings. The zero-order valence-corrected chi connectivity index (χ0v) is 63.8. The molecule has 2 unspecified atom stereocenters. The number of hydrogen-bond donors (Lipinski definition) is 3. The summed E-state index contributed by atoms with van der Waals surface area (Å²) >= 11 is 0. The van der Waals surface area contributed by atoms with Gasteiger partial charge in [0.1, 0.15) is 19.3 Å². The van der Waals surface area contributed by atoms with Gasteiger partial charge in [-0.1, -0.05) is 343 Å². The summed E-state index contributed by atoms with van der Waals surface area (Å²) in [6.07, 6.45) is 55.5. The van der Waals surface area contributed by atoms with Gasteiger partial charge in [-0.15, -0.1) is 0 Å². The smallest absolute Gasteiger partial charge is 0.462 e. The number of esters is 4. The molecule has 0 bridgehead atoms. The fourth-order valence-corrected chi connectivity index (χ4v) is 13.2. The Hall–Kier alpha value is -1.94. The highest BCUT2D eigenvalue weighted by atomic mass is 31.2. The molecule has 0 rings (SSSR count). The molecule has 3 N–H and O–H groups in total. The summed E-state index contributed by atoms with van der Waals surface area (Å²) in [6, 6.07) is 0. The highest BCUT2D eigenvalue weighted by Gasteiger charge is 2.30. The van der Waals surface area contributed by atoms with Gasteiger partial charge in [-0.05, 0) is 37.5 Å². The molecule has 5 atom stereocenters. The zero-order chi connectivity index (χ0) is 70.0. The second kappa shape index (κ2) is 67.9. The second-order valence-corrected chi connectivity index (χ2v) is 31.3. The van der Waals surface area contributed by atoms with Crippen molar-refractivity contribution in [2.24, 2.45) is 11.8 Å². The molecule has 0 spiro atoms. The van der Waals surface area contributed by atoms with Gasteiger partial charge < -0.3 is 33.8 Å². The lowest BCUT2D eigenvalue weighted by molar-refractivity contribution is -0.161. The van der Waals surface area contributed by atoms with Crippen molar-refractivity contribution in [3.05, 3.63) is 0 Å². The fraction of sp³-hybridized carbons (Fsp3) is 0.947. The Morgan fingerprint density at radius 3 is 0.716 bits per heavy atom. The lowest BCUT2D eigenvalue weighted by Gasteiger charge is -2.21. The summed E-state index contributed by atoms with van der Waals surface area (Å²) in [5.74, 6) is -0.541. The van der Waals surface area contributed by atoms with Crippen molar-refractivity contribution >= 4 is 39.5 Å². The van der Waals surface area contributed by atoms with E-state index in [-0.39, 0.29) is 25.7 Å². The van der Waals surface area contributed by atoms with Crippen LogP contribution in [0.15, 0.2) is 0 Å². The summed E-state index contributed by atoms with van der Waals surface area (Å²) < 4.78 is 68.4. The van der Waals surface area contributed by atoms with E-state index in [2.05, 4.69) is 41.5 Å². The maximum Gasteiger partial charge on any atom is 0.472 e. The van der Waals surface area contributed by atoms with Crippen molar-refractivity contribution in [2.45, 2.75) is 413 Å². The van der Waals surface area contributed by atoms with Gasteiger partial charge in [0.25, 0.3) is 0 Å². The monoisotopic (exact) mass is 1400 g/mol. The first kappa shape index (κ1) is 93.1. The number of phosphoric ester groups is 2. The molecule has 564 valence electrons. The molecule has 0 saturated heterocycles. The van der Waals surface area contributed by atoms with Crippen LogP contribution in [0.3, 0.4) is 0 Å². The Morgan fingerprint density at radius 1 is 0.284 bits per heavy atom. The Morgan fingerprint density at radius 2 is 0.484 bits per heavy atom. The van der Waals surface area contributed by atoms with Gasteiger partial charge in [0.2, 0.25) is 0 Å². The SMILES string of the molecule is CCCCCCCCCCCCCCCCCCC(=O)O[C@H](COC(=O)CCCCCCCCC)COP(=O)(O)OC[C@H](O)COP(=O)(O)OC[C@@H](COC(=O)CCCCCCCCCCCCCCCC(C)C)OC(=O)CCCCCCCCCCCCCCCC(C)C. The van der Waals surface area contributed by atoms with E-state index in [0.717, 1.165) is 115 Å². The number of hydrogen-bond acceptors (Lipinski definition) is 15. The lowest BCUT2D eigenvalue weighted by atomic mass is 10.0. The number of aliphatic hydroxyl groups excluding tert-OH is 1. The molecule has 0 aromatic rings. The molecule has 0 amide bonds. The predicted octanol–water partition coefficient (Wildman–Crippen LogP) is 22.3. The summed E-state index contributed by atoms with van der Waals surface area (Å²) in [6.45, 7) is 9.60. The fourth-order valence-electron chi connectivity index (χ4n) is 11.7. The topological polar surface area (TPSA) is 237 Å². The molecular weight excluding hydrogens is 1250 g/mol. The van der Waals surface area contributed by atoms with Crippen molar-refractivity contribution in [1.82, 2.24) is 0 Å². The van der Waals surface area contributed by atoms with Crippen LogP contribution in [-0.4, -0.2) is 96.7 Å². The summed E-state index contributed by atoms with van der Waals surface area (Å²) in [5.41, 5.74) is 0. The quantitative estimate of drug-likeness (QED) is 0.0222. The molecule has 0 radical (unpaired) electrons. The van der Waals surface area contributed by atoms with Crippen molar-refractivity contribution < 1.29 is 80.2 Å². The third kappa shape index (κ3) is 70.3. The van der Waals surface area contributed by atoms with E-state index < -0.39 is 97.5 Å². The molecule has 0 aliphatic heterocycles. The van der Waals surface area contributed by atoms with Crippen LogP contribution in [0.1, 0.15) is 395 Å². The van der Waals surface area contributed by atoms with Crippen LogP contribution in [0, 0.1) is 11.8 Å². The first-order chi connectivity index (χ1) is 45.9. The Labute approximate surface area is 581 Å². The average molecular weight is 1400 g/mol. The van der Waals surface area contributed by atoms with Crippen LogP contribution in [0.4, 0.5) is 0 Å². The zero-order valence-electron chi connectivity index (χ0n) is 62.0. The van der Waals surface area contributed by atoms with Crippen LogP contribution in [-0.2, 0) is 65.4 Å². The van der Waals surface area contributed by atoms with Gasteiger partial charge >= 0.3 is 39.5 Å². The Kier molecular flexibility index (Phi) is 66.5. The predicted molar refractivity (Wildman–Crippen MR) is 386 cm³/mol. The second-order valence-electron chi connectivity index (χ2n) is 28.3. The Balaban J connectivity index is 5.19. The molecule has 95 heavy (non-hydrogen) atoms. The van der Waals surface area contributed by atoms with Gasteiger partial charge in [0, 0.05) is 25.7 Å². The summed E-state index contributed by atoms with van der Waals surface area (Å²) in [5, 5.41) is 10.6. The number of phosphoric acid groups is 2. The molecule has 0 heterocycles. The number of carbonyl (C=O) groups is 4. The number of carbonyl (C=O) groups excluding carboxylic acids is 4. The van der Waals surface area contributed by atoms with E-state index in [1.54, 1.807) is 0 Å². The molecule has 0 aromatic carbocycles. The minimum atomic E-state index is -4.96. The average Bonchev–Trinajstić information content (AvgIpc) is 3.74.